The second kappa shape index (κ2) is 6.95. The van der Waals surface area contributed by atoms with E-state index in [1.54, 1.807) is 14.2 Å². The average Bonchev–Trinajstić information content (AvgIpc) is 2.25. The Balaban J connectivity index is 2.31. The largest absolute Gasteiger partial charge is 0.371 e. The number of halogens is 1. The van der Waals surface area contributed by atoms with Crippen molar-refractivity contribution in [1.29, 1.82) is 0 Å². The fourth-order valence-electron chi connectivity index (χ4n) is 1.13. The maximum Gasteiger partial charge on any atom is 0.180 e. The van der Waals surface area contributed by atoms with Crippen LogP contribution in [0.5, 0.6) is 0 Å². The van der Waals surface area contributed by atoms with Gasteiger partial charge in [-0.15, -0.1) is 0 Å². The van der Waals surface area contributed by atoms with Crippen LogP contribution in [-0.2, 0) is 20.8 Å². The van der Waals surface area contributed by atoms with E-state index in [1.807, 2.05) is 24.3 Å². The molecule has 4 heteroatoms. The molecule has 15 heavy (non-hydrogen) atoms. The van der Waals surface area contributed by atoms with Crippen LogP contribution in [0.3, 0.4) is 0 Å². The van der Waals surface area contributed by atoms with Crippen LogP contribution < -0.4 is 0 Å². The summed E-state index contributed by atoms with van der Waals surface area (Å²) in [7, 11) is 3.19. The van der Waals surface area contributed by atoms with Gasteiger partial charge in [-0.2, -0.15) is 0 Å². The van der Waals surface area contributed by atoms with Crippen LogP contribution >= 0.6 is 15.9 Å². The van der Waals surface area contributed by atoms with Gasteiger partial charge < -0.3 is 14.2 Å². The van der Waals surface area contributed by atoms with E-state index in [9.17, 15) is 0 Å². The predicted octanol–water partition coefficient (Wildman–Crippen LogP) is 2.58. The number of rotatable bonds is 6. The molecule has 0 aliphatic rings. The number of benzene rings is 1. The molecule has 0 amide bonds. The zero-order chi connectivity index (χ0) is 11.1. The maximum absolute atomic E-state index is 5.45. The van der Waals surface area contributed by atoms with Crippen LogP contribution in [0.4, 0.5) is 0 Å². The third kappa shape index (κ3) is 4.75. The van der Waals surface area contributed by atoms with Crippen LogP contribution in [-0.4, -0.2) is 27.1 Å². The lowest BCUT2D eigenvalue weighted by molar-refractivity contribution is -0.142. The molecule has 0 saturated heterocycles. The summed E-state index contributed by atoms with van der Waals surface area (Å²) in [5.41, 5.74) is 1.12. The van der Waals surface area contributed by atoms with Crippen molar-refractivity contribution in [3.05, 3.63) is 34.3 Å². The lowest BCUT2D eigenvalue weighted by atomic mass is 10.2. The maximum atomic E-state index is 5.45. The summed E-state index contributed by atoms with van der Waals surface area (Å²) in [6.07, 6.45) is -0.294. The average molecular weight is 275 g/mol. The summed E-state index contributed by atoms with van der Waals surface area (Å²) in [5, 5.41) is 0. The number of hydrogen-bond acceptors (Lipinski definition) is 3. The molecule has 1 rings (SSSR count). The van der Waals surface area contributed by atoms with Gasteiger partial charge in [0.15, 0.2) is 6.29 Å². The molecule has 0 aromatic heterocycles. The Morgan fingerprint density at radius 2 is 2.00 bits per heavy atom. The van der Waals surface area contributed by atoms with E-state index >= 15 is 0 Å². The van der Waals surface area contributed by atoms with Gasteiger partial charge in [-0.05, 0) is 17.7 Å². The van der Waals surface area contributed by atoms with Crippen molar-refractivity contribution in [2.24, 2.45) is 0 Å². The van der Waals surface area contributed by atoms with Gasteiger partial charge in [0.05, 0.1) is 13.2 Å². The summed E-state index contributed by atoms with van der Waals surface area (Å²) in [5.74, 6) is 0. The van der Waals surface area contributed by atoms with E-state index in [4.69, 9.17) is 14.2 Å². The number of methoxy groups -OCH3 is 2. The summed E-state index contributed by atoms with van der Waals surface area (Å²) in [6, 6.07) is 8.00. The molecule has 0 heterocycles. The molecule has 0 atom stereocenters. The first-order chi connectivity index (χ1) is 7.26. The highest BCUT2D eigenvalue weighted by Crippen LogP contribution is 2.12. The van der Waals surface area contributed by atoms with E-state index < -0.39 is 0 Å². The minimum atomic E-state index is -0.294. The predicted molar refractivity (Wildman–Crippen MR) is 61.6 cm³/mol. The topological polar surface area (TPSA) is 27.7 Å². The monoisotopic (exact) mass is 274 g/mol. The molecule has 0 fully saturated rings. The van der Waals surface area contributed by atoms with Gasteiger partial charge in [-0.3, -0.25) is 0 Å². The molecule has 1 aromatic rings. The Hall–Kier alpha value is -0.420. The standard InChI is InChI=1S/C11H15BrO3/c1-13-11(14-2)8-15-7-9-4-3-5-10(12)6-9/h3-6,11H,7-8H2,1-2H3. The lowest BCUT2D eigenvalue weighted by Crippen LogP contribution is -2.19. The van der Waals surface area contributed by atoms with Crippen molar-refractivity contribution in [3.63, 3.8) is 0 Å². The van der Waals surface area contributed by atoms with Crippen molar-refractivity contribution < 1.29 is 14.2 Å². The van der Waals surface area contributed by atoms with Crippen molar-refractivity contribution in [1.82, 2.24) is 0 Å². The molecule has 0 bridgehead atoms. The Kier molecular flexibility index (Phi) is 5.86. The molecule has 3 nitrogen and oxygen atoms in total. The second-order valence-electron chi connectivity index (χ2n) is 3.05. The Labute approximate surface area is 98.5 Å². The minimum Gasteiger partial charge on any atom is -0.371 e. The van der Waals surface area contributed by atoms with Crippen molar-refractivity contribution in [2.45, 2.75) is 12.9 Å². The van der Waals surface area contributed by atoms with Crippen LogP contribution in [0, 0.1) is 0 Å². The first-order valence-corrected chi connectivity index (χ1v) is 5.43. The van der Waals surface area contributed by atoms with Gasteiger partial charge in [0.1, 0.15) is 0 Å². The molecule has 0 saturated carbocycles. The quantitative estimate of drug-likeness (QED) is 0.747. The molecule has 0 spiro atoms. The van der Waals surface area contributed by atoms with Gasteiger partial charge in [0.25, 0.3) is 0 Å². The summed E-state index contributed by atoms with van der Waals surface area (Å²) >= 11 is 3.41. The normalized spacial score (nSPS) is 10.9. The van der Waals surface area contributed by atoms with Crippen molar-refractivity contribution in [3.8, 4) is 0 Å². The Bertz CT molecular complexity index is 287. The molecule has 0 aliphatic heterocycles. The summed E-state index contributed by atoms with van der Waals surface area (Å²) in [6.45, 7) is 0.988. The smallest absolute Gasteiger partial charge is 0.180 e. The van der Waals surface area contributed by atoms with Gasteiger partial charge >= 0.3 is 0 Å². The van der Waals surface area contributed by atoms with Crippen molar-refractivity contribution in [2.75, 3.05) is 20.8 Å². The lowest BCUT2D eigenvalue weighted by Gasteiger charge is -2.13. The molecule has 0 aliphatic carbocycles. The Morgan fingerprint density at radius 3 is 2.60 bits per heavy atom. The number of ether oxygens (including phenoxy) is 3. The molecule has 0 N–H and O–H groups in total. The fourth-order valence-corrected chi connectivity index (χ4v) is 1.58. The fraction of sp³-hybridized carbons (Fsp3) is 0.455. The van der Waals surface area contributed by atoms with E-state index in [2.05, 4.69) is 15.9 Å². The van der Waals surface area contributed by atoms with Crippen LogP contribution in [0.2, 0.25) is 0 Å². The van der Waals surface area contributed by atoms with Gasteiger partial charge in [-0.1, -0.05) is 28.1 Å². The minimum absolute atomic E-state index is 0.294. The summed E-state index contributed by atoms with van der Waals surface area (Å²) < 4.78 is 16.5. The Morgan fingerprint density at radius 1 is 1.27 bits per heavy atom. The van der Waals surface area contributed by atoms with Crippen LogP contribution in [0.1, 0.15) is 5.56 Å². The highest BCUT2D eigenvalue weighted by atomic mass is 79.9. The molecular weight excluding hydrogens is 260 g/mol. The van der Waals surface area contributed by atoms with Crippen LogP contribution in [0.25, 0.3) is 0 Å². The van der Waals surface area contributed by atoms with E-state index in [0.29, 0.717) is 13.2 Å². The molecule has 0 radical (unpaired) electrons. The first kappa shape index (κ1) is 12.6. The third-order valence-electron chi connectivity index (χ3n) is 1.94. The summed E-state index contributed by atoms with van der Waals surface area (Å²) in [4.78, 5) is 0. The first-order valence-electron chi connectivity index (χ1n) is 4.64. The second-order valence-corrected chi connectivity index (χ2v) is 3.96. The van der Waals surface area contributed by atoms with Gasteiger partial charge in [0, 0.05) is 18.7 Å². The molecular formula is C11H15BrO3. The van der Waals surface area contributed by atoms with Gasteiger partial charge in [-0.25, -0.2) is 0 Å². The molecule has 84 valence electrons. The SMILES string of the molecule is COC(COCc1cccc(Br)c1)OC. The van der Waals surface area contributed by atoms with E-state index in [-0.39, 0.29) is 6.29 Å². The van der Waals surface area contributed by atoms with Crippen molar-refractivity contribution >= 4 is 15.9 Å². The zero-order valence-corrected chi connectivity index (χ0v) is 10.5. The zero-order valence-electron chi connectivity index (χ0n) is 8.90. The molecule has 0 unspecified atom stereocenters. The highest BCUT2D eigenvalue weighted by molar-refractivity contribution is 9.10. The van der Waals surface area contributed by atoms with E-state index in [1.165, 1.54) is 0 Å². The van der Waals surface area contributed by atoms with E-state index in [0.717, 1.165) is 10.0 Å². The highest BCUT2D eigenvalue weighted by Gasteiger charge is 2.04. The molecule has 1 aromatic carbocycles. The number of hydrogen-bond donors (Lipinski definition) is 0. The third-order valence-corrected chi connectivity index (χ3v) is 2.43. The van der Waals surface area contributed by atoms with Gasteiger partial charge in [0.2, 0.25) is 0 Å². The van der Waals surface area contributed by atoms with Crippen LogP contribution in [0.15, 0.2) is 28.7 Å².